The Balaban J connectivity index is 3.17. The number of hydrogen-bond acceptors (Lipinski definition) is 6. The molecule has 0 aliphatic carbocycles. The predicted molar refractivity (Wildman–Crippen MR) is 55.4 cm³/mol. The lowest BCUT2D eigenvalue weighted by atomic mass is 10.0. The third-order valence-corrected chi connectivity index (χ3v) is 6.52. The molecule has 0 bridgehead atoms. The first-order valence-electron chi connectivity index (χ1n) is 4.49. The second kappa shape index (κ2) is 3.97. The standard InChI is InChI=1S/C7H13NO6S2/c1-15(11,12)7(6(9)8-10)2-4-16(13,14)5-3-7/h10H,2-5H2,1H3,(H,8,9). The topological polar surface area (TPSA) is 118 Å². The Morgan fingerprint density at radius 1 is 1.31 bits per heavy atom. The molecule has 0 atom stereocenters. The molecule has 1 saturated heterocycles. The Kier molecular flexibility index (Phi) is 3.32. The van der Waals surface area contributed by atoms with Crippen molar-refractivity contribution >= 4 is 25.6 Å². The van der Waals surface area contributed by atoms with Gasteiger partial charge in [0.15, 0.2) is 14.6 Å². The largest absolute Gasteiger partial charge is 0.289 e. The normalized spacial score (nSPS) is 23.6. The lowest BCUT2D eigenvalue weighted by molar-refractivity contribution is -0.132. The summed E-state index contributed by atoms with van der Waals surface area (Å²) >= 11 is 0. The van der Waals surface area contributed by atoms with E-state index in [1.165, 1.54) is 5.48 Å². The van der Waals surface area contributed by atoms with E-state index in [4.69, 9.17) is 5.21 Å². The second-order valence-corrected chi connectivity index (χ2v) is 8.49. The fourth-order valence-electron chi connectivity index (χ4n) is 1.74. The molecule has 0 radical (unpaired) electrons. The van der Waals surface area contributed by atoms with E-state index in [1.54, 1.807) is 0 Å². The van der Waals surface area contributed by atoms with Gasteiger partial charge in [0.05, 0.1) is 11.5 Å². The maximum Gasteiger partial charge on any atom is 0.264 e. The van der Waals surface area contributed by atoms with Crippen LogP contribution in [0.5, 0.6) is 0 Å². The molecule has 0 spiro atoms. The van der Waals surface area contributed by atoms with Crippen LogP contribution in [0.3, 0.4) is 0 Å². The summed E-state index contributed by atoms with van der Waals surface area (Å²) < 4.78 is 43.7. The van der Waals surface area contributed by atoms with E-state index in [1.807, 2.05) is 0 Å². The molecule has 1 rings (SSSR count). The van der Waals surface area contributed by atoms with E-state index < -0.39 is 30.3 Å². The molecule has 94 valence electrons. The van der Waals surface area contributed by atoms with E-state index in [0.717, 1.165) is 6.26 Å². The van der Waals surface area contributed by atoms with Crippen LogP contribution < -0.4 is 5.48 Å². The number of amides is 1. The van der Waals surface area contributed by atoms with Crippen LogP contribution in [0.1, 0.15) is 12.8 Å². The minimum atomic E-state index is -3.79. The Morgan fingerprint density at radius 3 is 2.06 bits per heavy atom. The Morgan fingerprint density at radius 2 is 1.75 bits per heavy atom. The van der Waals surface area contributed by atoms with E-state index in [9.17, 15) is 21.6 Å². The van der Waals surface area contributed by atoms with Gasteiger partial charge in [-0.15, -0.1) is 0 Å². The van der Waals surface area contributed by atoms with Crippen molar-refractivity contribution in [3.63, 3.8) is 0 Å². The van der Waals surface area contributed by atoms with Gasteiger partial charge in [0, 0.05) is 6.26 Å². The molecule has 0 aromatic rings. The van der Waals surface area contributed by atoms with E-state index in [-0.39, 0.29) is 24.3 Å². The van der Waals surface area contributed by atoms with Crippen molar-refractivity contribution in [1.82, 2.24) is 5.48 Å². The molecule has 16 heavy (non-hydrogen) atoms. The highest BCUT2D eigenvalue weighted by molar-refractivity contribution is 7.94. The summed E-state index contributed by atoms with van der Waals surface area (Å²) in [7, 11) is -7.07. The average Bonchev–Trinajstić information content (AvgIpc) is 2.15. The summed E-state index contributed by atoms with van der Waals surface area (Å²) in [6.07, 6.45) is 0.224. The number of carbonyl (C=O) groups is 1. The first-order chi connectivity index (χ1) is 7.15. The zero-order chi connectivity index (χ0) is 12.6. The van der Waals surface area contributed by atoms with E-state index in [2.05, 4.69) is 0 Å². The van der Waals surface area contributed by atoms with Gasteiger partial charge in [-0.05, 0) is 12.8 Å². The van der Waals surface area contributed by atoms with Crippen LogP contribution in [0.4, 0.5) is 0 Å². The van der Waals surface area contributed by atoms with Gasteiger partial charge in [-0.3, -0.25) is 10.0 Å². The van der Waals surface area contributed by atoms with Gasteiger partial charge in [0.1, 0.15) is 9.84 Å². The van der Waals surface area contributed by atoms with Crippen LogP contribution in [0.15, 0.2) is 0 Å². The molecule has 0 aromatic carbocycles. The zero-order valence-electron chi connectivity index (χ0n) is 8.63. The summed E-state index contributed by atoms with van der Waals surface area (Å²) in [5, 5.41) is 8.53. The third kappa shape index (κ3) is 2.20. The fourth-order valence-corrected chi connectivity index (χ4v) is 4.85. The van der Waals surface area contributed by atoms with Crippen molar-refractivity contribution in [2.75, 3.05) is 17.8 Å². The van der Waals surface area contributed by atoms with Gasteiger partial charge in [0.2, 0.25) is 0 Å². The van der Waals surface area contributed by atoms with E-state index >= 15 is 0 Å². The van der Waals surface area contributed by atoms with Crippen molar-refractivity contribution in [3.05, 3.63) is 0 Å². The van der Waals surface area contributed by atoms with Crippen molar-refractivity contribution in [3.8, 4) is 0 Å². The average molecular weight is 271 g/mol. The lowest BCUT2D eigenvalue weighted by Gasteiger charge is -2.32. The molecule has 1 amide bonds. The van der Waals surface area contributed by atoms with Crippen LogP contribution in [0.25, 0.3) is 0 Å². The van der Waals surface area contributed by atoms with Gasteiger partial charge in [-0.2, -0.15) is 0 Å². The van der Waals surface area contributed by atoms with Gasteiger partial charge >= 0.3 is 0 Å². The number of hydroxylamine groups is 1. The van der Waals surface area contributed by atoms with Crippen LogP contribution in [-0.4, -0.2) is 50.5 Å². The quantitative estimate of drug-likeness (QED) is 0.465. The van der Waals surface area contributed by atoms with E-state index in [0.29, 0.717) is 0 Å². The maximum absolute atomic E-state index is 11.6. The molecule has 1 aliphatic heterocycles. The SMILES string of the molecule is CS(=O)(=O)C1(C(=O)NO)CCS(=O)(=O)CC1. The molecule has 7 nitrogen and oxygen atoms in total. The van der Waals surface area contributed by atoms with Crippen LogP contribution in [-0.2, 0) is 24.5 Å². The predicted octanol–water partition coefficient (Wildman–Crippen LogP) is -1.52. The summed E-state index contributed by atoms with van der Waals surface area (Å²) in [5.74, 6) is -1.80. The minimum Gasteiger partial charge on any atom is -0.289 e. The van der Waals surface area contributed by atoms with Gasteiger partial charge in [-0.25, -0.2) is 22.3 Å². The first-order valence-corrected chi connectivity index (χ1v) is 8.20. The van der Waals surface area contributed by atoms with Crippen molar-refractivity contribution in [2.24, 2.45) is 0 Å². The van der Waals surface area contributed by atoms with Crippen LogP contribution >= 0.6 is 0 Å². The second-order valence-electron chi connectivity index (χ2n) is 3.86. The van der Waals surface area contributed by atoms with Gasteiger partial charge in [-0.1, -0.05) is 0 Å². The Labute approximate surface area is 93.6 Å². The summed E-state index contributed by atoms with van der Waals surface area (Å²) in [4.78, 5) is 11.4. The molecular weight excluding hydrogens is 258 g/mol. The highest BCUT2D eigenvalue weighted by atomic mass is 32.2. The molecule has 2 N–H and O–H groups in total. The minimum absolute atomic E-state index is 0.319. The van der Waals surface area contributed by atoms with Crippen LogP contribution in [0, 0.1) is 0 Å². The summed E-state index contributed by atoms with van der Waals surface area (Å²) in [6, 6.07) is 0. The molecule has 9 heteroatoms. The number of rotatable bonds is 2. The van der Waals surface area contributed by atoms with Crippen molar-refractivity contribution in [2.45, 2.75) is 17.6 Å². The summed E-state index contributed by atoms with van der Waals surface area (Å²) in [6.45, 7) is 0. The lowest BCUT2D eigenvalue weighted by Crippen LogP contribution is -2.55. The molecule has 1 fully saturated rings. The summed E-state index contributed by atoms with van der Waals surface area (Å²) in [5.41, 5.74) is 1.30. The number of carbonyl (C=O) groups excluding carboxylic acids is 1. The molecule has 1 heterocycles. The number of nitrogens with one attached hydrogen (secondary N) is 1. The number of sulfone groups is 2. The first kappa shape index (κ1) is 13.4. The Bertz CT molecular complexity index is 477. The van der Waals surface area contributed by atoms with Crippen molar-refractivity contribution in [1.29, 1.82) is 0 Å². The highest BCUT2D eigenvalue weighted by Crippen LogP contribution is 2.31. The third-order valence-electron chi connectivity index (χ3n) is 2.86. The van der Waals surface area contributed by atoms with Gasteiger partial charge < -0.3 is 0 Å². The molecule has 0 saturated carbocycles. The zero-order valence-corrected chi connectivity index (χ0v) is 10.3. The molecule has 0 aromatic heterocycles. The highest BCUT2D eigenvalue weighted by Gasteiger charge is 2.51. The Hall–Kier alpha value is -0.670. The van der Waals surface area contributed by atoms with Crippen LogP contribution in [0.2, 0.25) is 0 Å². The van der Waals surface area contributed by atoms with Gasteiger partial charge in [0.25, 0.3) is 5.91 Å². The molecular formula is C7H13NO6S2. The molecule has 0 unspecified atom stereocenters. The monoisotopic (exact) mass is 271 g/mol. The molecule has 1 aliphatic rings. The van der Waals surface area contributed by atoms with Crippen molar-refractivity contribution < 1.29 is 26.8 Å². The smallest absolute Gasteiger partial charge is 0.264 e. The number of hydrogen-bond donors (Lipinski definition) is 2. The maximum atomic E-state index is 11.6. The fraction of sp³-hybridized carbons (Fsp3) is 0.857.